The first-order valence-corrected chi connectivity index (χ1v) is 12.7. The van der Waals surface area contributed by atoms with Crippen molar-refractivity contribution >= 4 is 44.6 Å². The highest BCUT2D eigenvalue weighted by Gasteiger charge is 2.12. The number of aliphatic carboxylic acids is 1. The first kappa shape index (κ1) is 23.6. The van der Waals surface area contributed by atoms with E-state index >= 15 is 0 Å². The zero-order valence-electron chi connectivity index (χ0n) is 20.9. The molecule has 0 aliphatic heterocycles. The maximum atomic E-state index is 12.1. The van der Waals surface area contributed by atoms with Crippen LogP contribution in [0.1, 0.15) is 29.4 Å². The fraction of sp³-hybridized carbons (Fsp3) is 0.125. The summed E-state index contributed by atoms with van der Waals surface area (Å²) in [5, 5.41) is 12.2. The molecule has 0 radical (unpaired) electrons. The highest BCUT2D eigenvalue weighted by atomic mass is 16.5. The lowest BCUT2D eigenvalue weighted by molar-refractivity contribution is -0.136. The molecule has 6 aromatic rings. The fourth-order valence-corrected chi connectivity index (χ4v) is 5.00. The van der Waals surface area contributed by atoms with Crippen LogP contribution in [0.2, 0.25) is 0 Å². The summed E-state index contributed by atoms with van der Waals surface area (Å²) in [5.41, 5.74) is 8.85. The normalized spacial score (nSPS) is 11.4. The molecule has 0 saturated carbocycles. The molecule has 0 aliphatic carbocycles. The lowest BCUT2D eigenvalue weighted by atomic mass is 9.99. The Hall–Kier alpha value is -4.84. The summed E-state index contributed by atoms with van der Waals surface area (Å²) in [6.07, 6.45) is 0.658. The summed E-state index contributed by atoms with van der Waals surface area (Å²) < 4.78 is 5.12. The number of ether oxygens (including phenoxy) is 1. The molecule has 0 spiro atoms. The van der Waals surface area contributed by atoms with Crippen molar-refractivity contribution in [2.45, 2.75) is 19.8 Å². The van der Waals surface area contributed by atoms with Crippen molar-refractivity contribution < 1.29 is 19.4 Å². The molecule has 0 amide bonds. The number of hydrogen-bond acceptors (Lipinski definition) is 3. The van der Waals surface area contributed by atoms with Crippen molar-refractivity contribution in [3.05, 3.63) is 96.2 Å². The van der Waals surface area contributed by atoms with Crippen LogP contribution in [-0.2, 0) is 16.0 Å². The predicted octanol–water partition coefficient (Wildman–Crippen LogP) is 7.33. The van der Waals surface area contributed by atoms with E-state index in [1.165, 1.54) is 0 Å². The van der Waals surface area contributed by atoms with Crippen LogP contribution in [0.5, 0.6) is 0 Å². The van der Waals surface area contributed by atoms with Crippen molar-refractivity contribution in [2.75, 3.05) is 6.61 Å². The first-order chi connectivity index (χ1) is 18.5. The number of nitrogens with one attached hydrogen (secondary N) is 2. The molecule has 3 N–H and O–H groups in total. The van der Waals surface area contributed by atoms with Gasteiger partial charge in [0.2, 0.25) is 0 Å². The third kappa shape index (κ3) is 4.41. The number of hydrogen-bond donors (Lipinski definition) is 3. The predicted molar refractivity (Wildman–Crippen MR) is 150 cm³/mol. The van der Waals surface area contributed by atoms with Crippen LogP contribution in [0.3, 0.4) is 0 Å². The first-order valence-electron chi connectivity index (χ1n) is 12.7. The molecule has 0 aliphatic rings. The Balaban J connectivity index is 1.35. The highest BCUT2D eigenvalue weighted by molar-refractivity contribution is 6.10. The molecule has 188 valence electrons. The lowest BCUT2D eigenvalue weighted by Crippen LogP contribution is -2.04. The molecule has 0 atom stereocenters. The summed E-state index contributed by atoms with van der Waals surface area (Å²) in [4.78, 5) is 29.7. The van der Waals surface area contributed by atoms with E-state index in [4.69, 9.17) is 9.84 Å². The van der Waals surface area contributed by atoms with E-state index in [-0.39, 0.29) is 12.4 Å². The van der Waals surface area contributed by atoms with Gasteiger partial charge in [-0.1, -0.05) is 42.5 Å². The maximum Gasteiger partial charge on any atom is 0.354 e. The standard InChI is InChI=1S/C32H26N2O4/c1-2-38-32(37)30-18-24-15-21(8-11-27(24)33-30)23-10-13-29-26(17-23)25-16-22(9-12-28(25)34-29)20-6-3-19(4-7-20)5-14-31(35)36/h3-4,6-13,15-18,33-34H,2,5,14H2,1H3,(H,35,36). The van der Waals surface area contributed by atoms with Crippen LogP contribution in [0.4, 0.5) is 0 Å². The molecule has 0 unspecified atom stereocenters. The van der Waals surface area contributed by atoms with Gasteiger partial charge in [0.25, 0.3) is 0 Å². The maximum absolute atomic E-state index is 12.1. The minimum Gasteiger partial charge on any atom is -0.481 e. The summed E-state index contributed by atoms with van der Waals surface area (Å²) in [6, 6.07) is 28.9. The monoisotopic (exact) mass is 502 g/mol. The molecule has 4 aromatic carbocycles. The Morgan fingerprint density at radius 2 is 1.29 bits per heavy atom. The van der Waals surface area contributed by atoms with Gasteiger partial charge in [-0.3, -0.25) is 4.79 Å². The number of rotatable bonds is 7. The van der Waals surface area contributed by atoms with Crippen molar-refractivity contribution in [3.8, 4) is 22.3 Å². The summed E-state index contributed by atoms with van der Waals surface area (Å²) in [7, 11) is 0. The fourth-order valence-electron chi connectivity index (χ4n) is 5.00. The number of carboxylic acid groups (broad SMARTS) is 1. The molecule has 0 saturated heterocycles. The van der Waals surface area contributed by atoms with E-state index < -0.39 is 5.97 Å². The molecule has 6 rings (SSSR count). The third-order valence-corrected chi connectivity index (χ3v) is 6.96. The van der Waals surface area contributed by atoms with Crippen LogP contribution < -0.4 is 0 Å². The van der Waals surface area contributed by atoms with E-state index in [9.17, 15) is 9.59 Å². The van der Waals surface area contributed by atoms with Crippen LogP contribution >= 0.6 is 0 Å². The molecule has 38 heavy (non-hydrogen) atoms. The van der Waals surface area contributed by atoms with Crippen LogP contribution in [0.25, 0.3) is 55.0 Å². The van der Waals surface area contributed by atoms with Crippen LogP contribution in [0.15, 0.2) is 84.9 Å². The Morgan fingerprint density at radius 3 is 1.92 bits per heavy atom. The zero-order valence-corrected chi connectivity index (χ0v) is 20.9. The Bertz CT molecular complexity index is 1830. The van der Waals surface area contributed by atoms with Gasteiger partial charge in [-0.15, -0.1) is 0 Å². The van der Waals surface area contributed by atoms with Gasteiger partial charge in [0, 0.05) is 39.1 Å². The lowest BCUT2D eigenvalue weighted by Gasteiger charge is -2.05. The third-order valence-electron chi connectivity index (χ3n) is 6.96. The number of carbonyl (C=O) groups is 2. The van der Waals surface area contributed by atoms with Crippen molar-refractivity contribution in [1.82, 2.24) is 9.97 Å². The van der Waals surface area contributed by atoms with Crippen molar-refractivity contribution in [2.24, 2.45) is 0 Å². The van der Waals surface area contributed by atoms with Crippen molar-refractivity contribution in [3.63, 3.8) is 0 Å². The van der Waals surface area contributed by atoms with Gasteiger partial charge in [0.15, 0.2) is 0 Å². The van der Waals surface area contributed by atoms with E-state index in [0.717, 1.165) is 60.5 Å². The Labute approximate surface area is 218 Å². The van der Waals surface area contributed by atoms with Gasteiger partial charge >= 0.3 is 11.9 Å². The van der Waals surface area contributed by atoms with E-state index in [0.29, 0.717) is 18.7 Å². The van der Waals surface area contributed by atoms with E-state index in [2.05, 4.69) is 70.6 Å². The molecule has 2 heterocycles. The number of aryl methyl sites for hydroxylation is 1. The largest absolute Gasteiger partial charge is 0.481 e. The summed E-state index contributed by atoms with van der Waals surface area (Å²) in [5.74, 6) is -1.14. The van der Waals surface area contributed by atoms with Gasteiger partial charge in [0.05, 0.1) is 6.61 Å². The van der Waals surface area contributed by atoms with Crippen LogP contribution in [-0.4, -0.2) is 33.6 Å². The molecular formula is C32H26N2O4. The molecule has 6 nitrogen and oxygen atoms in total. The molecule has 6 heteroatoms. The number of carboxylic acids is 1. The van der Waals surface area contributed by atoms with Gasteiger partial charge in [-0.05, 0) is 83.6 Å². The molecule has 2 aromatic heterocycles. The number of esters is 1. The number of aromatic nitrogens is 2. The number of fused-ring (bicyclic) bond motifs is 4. The van der Waals surface area contributed by atoms with E-state index in [1.807, 2.05) is 24.3 Å². The van der Waals surface area contributed by atoms with Crippen LogP contribution in [0, 0.1) is 0 Å². The second-order valence-corrected chi connectivity index (χ2v) is 9.44. The molecule has 0 fully saturated rings. The van der Waals surface area contributed by atoms with Crippen molar-refractivity contribution in [1.29, 1.82) is 0 Å². The number of aromatic amines is 2. The second kappa shape index (κ2) is 9.56. The van der Waals surface area contributed by atoms with E-state index in [1.54, 1.807) is 6.92 Å². The zero-order chi connectivity index (χ0) is 26.2. The minimum atomic E-state index is -0.785. The molecule has 0 bridgehead atoms. The summed E-state index contributed by atoms with van der Waals surface area (Å²) in [6.45, 7) is 2.13. The average Bonchev–Trinajstić information content (AvgIpc) is 3.52. The average molecular weight is 503 g/mol. The quantitative estimate of drug-likeness (QED) is 0.199. The Morgan fingerprint density at radius 1 is 0.711 bits per heavy atom. The smallest absolute Gasteiger partial charge is 0.354 e. The molecular weight excluding hydrogens is 476 g/mol. The topological polar surface area (TPSA) is 95.2 Å². The minimum absolute atomic E-state index is 0.132. The van der Waals surface area contributed by atoms with Gasteiger partial charge < -0.3 is 19.8 Å². The number of H-pyrrole nitrogens is 2. The van der Waals surface area contributed by atoms with Gasteiger partial charge in [0.1, 0.15) is 5.69 Å². The SMILES string of the molecule is CCOC(=O)c1cc2cc(-c3ccc4[nH]c5ccc(-c6ccc(CCC(=O)O)cc6)cc5c4c3)ccc2[nH]1. The second-order valence-electron chi connectivity index (χ2n) is 9.44. The number of carbonyl (C=O) groups excluding carboxylic acids is 1. The Kier molecular flexibility index (Phi) is 5.92. The van der Waals surface area contributed by atoms with Gasteiger partial charge in [-0.2, -0.15) is 0 Å². The van der Waals surface area contributed by atoms with Gasteiger partial charge in [-0.25, -0.2) is 4.79 Å². The highest BCUT2D eigenvalue weighted by Crippen LogP contribution is 2.34. The number of benzene rings is 4. The summed E-state index contributed by atoms with van der Waals surface area (Å²) >= 11 is 0.